The van der Waals surface area contributed by atoms with Gasteiger partial charge in [0.1, 0.15) is 0 Å². The van der Waals surface area contributed by atoms with Crippen molar-refractivity contribution in [3.05, 3.63) is 22.7 Å². The zero-order chi connectivity index (χ0) is 11.5. The van der Waals surface area contributed by atoms with Crippen LogP contribution in [0.2, 0.25) is 0 Å². The number of hydrogen-bond donors (Lipinski definition) is 1. The summed E-state index contributed by atoms with van der Waals surface area (Å²) in [7, 11) is 1.75. The van der Waals surface area contributed by atoms with Gasteiger partial charge in [-0.1, -0.05) is 0 Å². The van der Waals surface area contributed by atoms with Crippen LogP contribution >= 0.6 is 0 Å². The fourth-order valence-electron chi connectivity index (χ4n) is 1.79. The van der Waals surface area contributed by atoms with Crippen LogP contribution in [0.15, 0.2) is 17.2 Å². The summed E-state index contributed by atoms with van der Waals surface area (Å²) >= 11 is 0. The van der Waals surface area contributed by atoms with Crippen LogP contribution in [0.1, 0.15) is 19.3 Å². The number of rotatable bonds is 5. The highest BCUT2D eigenvalue weighted by molar-refractivity contribution is 5.39. The highest BCUT2D eigenvalue weighted by Crippen LogP contribution is 2.28. The van der Waals surface area contributed by atoms with Gasteiger partial charge < -0.3 is 15.2 Å². The van der Waals surface area contributed by atoms with E-state index in [9.17, 15) is 4.79 Å². The van der Waals surface area contributed by atoms with Gasteiger partial charge in [0, 0.05) is 32.0 Å². The highest BCUT2D eigenvalue weighted by atomic mass is 16.1. The van der Waals surface area contributed by atoms with Gasteiger partial charge in [0.15, 0.2) is 5.82 Å². The summed E-state index contributed by atoms with van der Waals surface area (Å²) in [4.78, 5) is 18.2. The van der Waals surface area contributed by atoms with Crippen LogP contribution in [-0.4, -0.2) is 28.7 Å². The Bertz CT molecular complexity index is 411. The van der Waals surface area contributed by atoms with Gasteiger partial charge >= 0.3 is 0 Å². The fourth-order valence-corrected chi connectivity index (χ4v) is 1.79. The number of nitrogens with zero attached hydrogens (tertiary/aromatic N) is 3. The third-order valence-electron chi connectivity index (χ3n) is 2.86. The molecule has 1 aromatic rings. The molecule has 1 aliphatic rings. The average molecular weight is 222 g/mol. The quantitative estimate of drug-likeness (QED) is 0.767. The van der Waals surface area contributed by atoms with Crippen LogP contribution in [-0.2, 0) is 7.05 Å². The standard InChI is InChI=1S/C11H18N4O/c1-14-8-6-13-10(11(14)16)15(7-2-5-12)9-3-4-9/h6,8-9H,2-5,7,12H2,1H3. The summed E-state index contributed by atoms with van der Waals surface area (Å²) in [6, 6.07) is 0.495. The van der Waals surface area contributed by atoms with E-state index >= 15 is 0 Å². The van der Waals surface area contributed by atoms with Gasteiger partial charge in [-0.05, 0) is 25.8 Å². The topological polar surface area (TPSA) is 64.2 Å². The maximum Gasteiger partial charge on any atom is 0.293 e. The monoisotopic (exact) mass is 222 g/mol. The first-order valence-corrected chi connectivity index (χ1v) is 5.72. The smallest absolute Gasteiger partial charge is 0.293 e. The van der Waals surface area contributed by atoms with Gasteiger partial charge in [0.2, 0.25) is 0 Å². The van der Waals surface area contributed by atoms with E-state index in [1.807, 2.05) is 0 Å². The minimum Gasteiger partial charge on any atom is -0.349 e. The van der Waals surface area contributed by atoms with Crippen LogP contribution in [0, 0.1) is 0 Å². The molecule has 16 heavy (non-hydrogen) atoms. The molecule has 0 radical (unpaired) electrons. The summed E-state index contributed by atoms with van der Waals surface area (Å²) in [5.41, 5.74) is 5.49. The molecule has 1 heterocycles. The first-order valence-electron chi connectivity index (χ1n) is 5.72. The summed E-state index contributed by atoms with van der Waals surface area (Å²) < 4.78 is 1.57. The van der Waals surface area contributed by atoms with E-state index in [0.29, 0.717) is 18.4 Å². The summed E-state index contributed by atoms with van der Waals surface area (Å²) in [6.07, 6.45) is 6.57. The molecular formula is C11H18N4O. The number of aryl methyl sites for hydroxylation is 1. The zero-order valence-corrected chi connectivity index (χ0v) is 9.59. The lowest BCUT2D eigenvalue weighted by Crippen LogP contribution is -2.35. The Morgan fingerprint density at radius 3 is 3.00 bits per heavy atom. The molecule has 1 fully saturated rings. The van der Waals surface area contributed by atoms with Gasteiger partial charge in [0.25, 0.3) is 5.56 Å². The van der Waals surface area contributed by atoms with Crippen molar-refractivity contribution < 1.29 is 0 Å². The van der Waals surface area contributed by atoms with Crippen molar-refractivity contribution in [1.82, 2.24) is 9.55 Å². The number of anilines is 1. The maximum absolute atomic E-state index is 11.9. The Labute approximate surface area is 94.9 Å². The van der Waals surface area contributed by atoms with E-state index < -0.39 is 0 Å². The van der Waals surface area contributed by atoms with Crippen molar-refractivity contribution in [2.75, 3.05) is 18.0 Å². The molecule has 5 nitrogen and oxygen atoms in total. The molecule has 0 saturated heterocycles. The van der Waals surface area contributed by atoms with E-state index in [1.165, 1.54) is 0 Å². The van der Waals surface area contributed by atoms with Crippen molar-refractivity contribution in [2.24, 2.45) is 12.8 Å². The molecule has 1 saturated carbocycles. The van der Waals surface area contributed by atoms with Gasteiger partial charge in [-0.25, -0.2) is 4.98 Å². The summed E-state index contributed by atoms with van der Waals surface area (Å²) in [5.74, 6) is 0.570. The van der Waals surface area contributed by atoms with E-state index in [0.717, 1.165) is 25.8 Å². The fraction of sp³-hybridized carbons (Fsp3) is 0.636. The summed E-state index contributed by atoms with van der Waals surface area (Å²) in [5, 5.41) is 0. The van der Waals surface area contributed by atoms with Crippen LogP contribution < -0.4 is 16.2 Å². The van der Waals surface area contributed by atoms with Crippen LogP contribution in [0.25, 0.3) is 0 Å². The Hall–Kier alpha value is -1.36. The second kappa shape index (κ2) is 4.65. The molecule has 0 aromatic carbocycles. The van der Waals surface area contributed by atoms with Gasteiger partial charge in [-0.3, -0.25) is 4.79 Å². The molecule has 1 aliphatic carbocycles. The Kier molecular flexibility index (Phi) is 3.24. The Balaban J connectivity index is 2.24. The van der Waals surface area contributed by atoms with Crippen molar-refractivity contribution in [3.8, 4) is 0 Å². The molecule has 2 rings (SSSR count). The predicted octanol–water partition coefficient (Wildman–Crippen LogP) is 0.0979. The molecule has 0 spiro atoms. The average Bonchev–Trinajstić information content (AvgIpc) is 3.08. The molecule has 2 N–H and O–H groups in total. The minimum atomic E-state index is -0.0218. The van der Waals surface area contributed by atoms with Gasteiger partial charge in [-0.15, -0.1) is 0 Å². The van der Waals surface area contributed by atoms with Crippen LogP contribution in [0.3, 0.4) is 0 Å². The lowest BCUT2D eigenvalue weighted by Gasteiger charge is -2.22. The maximum atomic E-state index is 11.9. The lowest BCUT2D eigenvalue weighted by molar-refractivity contribution is 0.705. The minimum absolute atomic E-state index is 0.0218. The van der Waals surface area contributed by atoms with E-state index in [1.54, 1.807) is 24.0 Å². The van der Waals surface area contributed by atoms with E-state index in [-0.39, 0.29) is 5.56 Å². The molecule has 0 unspecified atom stereocenters. The third-order valence-corrected chi connectivity index (χ3v) is 2.86. The normalized spacial score (nSPS) is 15.1. The molecule has 5 heteroatoms. The molecular weight excluding hydrogens is 204 g/mol. The predicted molar refractivity (Wildman–Crippen MR) is 63.5 cm³/mol. The van der Waals surface area contributed by atoms with Crippen molar-refractivity contribution in [1.29, 1.82) is 0 Å². The Morgan fingerprint density at radius 2 is 2.38 bits per heavy atom. The molecule has 1 aromatic heterocycles. The molecule has 0 aliphatic heterocycles. The van der Waals surface area contributed by atoms with Gasteiger partial charge in [-0.2, -0.15) is 0 Å². The van der Waals surface area contributed by atoms with Crippen LogP contribution in [0.5, 0.6) is 0 Å². The second-order valence-electron chi connectivity index (χ2n) is 4.23. The molecule has 88 valence electrons. The third kappa shape index (κ3) is 2.24. The first-order chi connectivity index (χ1) is 7.74. The SMILES string of the molecule is Cn1ccnc(N(CCCN)C2CC2)c1=O. The van der Waals surface area contributed by atoms with E-state index in [2.05, 4.69) is 9.88 Å². The Morgan fingerprint density at radius 1 is 1.62 bits per heavy atom. The lowest BCUT2D eigenvalue weighted by atomic mass is 10.3. The summed E-state index contributed by atoms with van der Waals surface area (Å²) in [6.45, 7) is 1.48. The van der Waals surface area contributed by atoms with Crippen molar-refractivity contribution in [3.63, 3.8) is 0 Å². The molecule has 0 amide bonds. The molecule has 0 atom stereocenters. The zero-order valence-electron chi connectivity index (χ0n) is 9.59. The van der Waals surface area contributed by atoms with Gasteiger partial charge in [0.05, 0.1) is 0 Å². The number of nitrogens with two attached hydrogens (primary N) is 1. The van der Waals surface area contributed by atoms with E-state index in [4.69, 9.17) is 5.73 Å². The van der Waals surface area contributed by atoms with Crippen molar-refractivity contribution >= 4 is 5.82 Å². The number of aromatic nitrogens is 2. The van der Waals surface area contributed by atoms with Crippen molar-refractivity contribution in [2.45, 2.75) is 25.3 Å². The van der Waals surface area contributed by atoms with Crippen LogP contribution in [0.4, 0.5) is 5.82 Å². The molecule has 0 bridgehead atoms. The second-order valence-corrected chi connectivity index (χ2v) is 4.23. The number of hydrogen-bond acceptors (Lipinski definition) is 4. The first kappa shape index (κ1) is 11.1. The highest BCUT2D eigenvalue weighted by Gasteiger charge is 2.31. The largest absolute Gasteiger partial charge is 0.349 e.